The first kappa shape index (κ1) is 95.7. The number of carboxylic acid groups (broad SMARTS) is 1. The fourth-order valence-corrected chi connectivity index (χ4v) is 19.2. The van der Waals surface area contributed by atoms with Gasteiger partial charge in [0.15, 0.2) is 0 Å². The average Bonchev–Trinajstić information content (AvgIpc) is 1.69. The number of alkyl carbamates (subject to hydrolysis) is 3. The third-order valence-electron chi connectivity index (χ3n) is 26.3. The van der Waals surface area contributed by atoms with Crippen LogP contribution in [0.15, 0.2) is 146 Å². The van der Waals surface area contributed by atoms with E-state index in [1.54, 1.807) is 4.90 Å². The highest BCUT2D eigenvalue weighted by Crippen LogP contribution is 2.42. The van der Waals surface area contributed by atoms with Gasteiger partial charge in [-0.3, -0.25) is 28.9 Å². The minimum Gasteiger partial charge on any atom is -0.481 e. The lowest BCUT2D eigenvalue weighted by Crippen LogP contribution is -2.52. The van der Waals surface area contributed by atoms with Crippen molar-refractivity contribution in [2.24, 2.45) is 29.6 Å². The van der Waals surface area contributed by atoms with Crippen molar-refractivity contribution in [2.45, 2.75) is 226 Å². The molecule has 2 aliphatic carbocycles. The highest BCUT2D eigenvalue weighted by atomic mass is 16.6. The van der Waals surface area contributed by atoms with Gasteiger partial charge in [-0.25, -0.2) is 39.1 Å². The molecule has 4 aromatic heterocycles. The molecule has 8 heterocycles. The first-order valence-electron chi connectivity index (χ1n) is 45.9. The summed E-state index contributed by atoms with van der Waals surface area (Å²) in [6.45, 7) is 15.8. The molecule has 8 N–H and O–H groups in total. The number of likely N-dealkylation sites (tertiary alicyclic amines) is 4. The van der Waals surface area contributed by atoms with Crippen LogP contribution >= 0.6 is 0 Å². The van der Waals surface area contributed by atoms with Crippen molar-refractivity contribution in [3.05, 3.63) is 169 Å². The Morgan fingerprint density at radius 1 is 0.389 bits per heavy atom. The van der Waals surface area contributed by atoms with Gasteiger partial charge in [-0.2, -0.15) is 0 Å². The molecule has 6 aromatic carbocycles. The minimum atomic E-state index is -0.868. The molecule has 696 valence electrons. The molecule has 10 aromatic rings. The number of aliphatic carboxylic acids is 1. The van der Waals surface area contributed by atoms with Crippen molar-refractivity contribution in [3.63, 3.8) is 0 Å². The third kappa shape index (κ3) is 22.9. The van der Waals surface area contributed by atoms with E-state index in [4.69, 9.17) is 39.0 Å². The van der Waals surface area contributed by atoms with Crippen LogP contribution in [0, 0.1) is 29.6 Å². The summed E-state index contributed by atoms with van der Waals surface area (Å²) in [5.74, 6) is 0.877. The maximum atomic E-state index is 14.0. The zero-order chi connectivity index (χ0) is 92.0. The number of nitrogens with zero attached hydrogens (tertiary/aromatic N) is 8. The zero-order valence-corrected chi connectivity index (χ0v) is 76.3. The fraction of sp³-hybridized carbons (Fsp3) is 0.475. The number of rotatable bonds is 23. The molecule has 2 saturated carbocycles. The normalized spacial score (nSPS) is 18.6. The van der Waals surface area contributed by atoms with Crippen molar-refractivity contribution >= 4 is 75.6 Å². The Kier molecular flexibility index (Phi) is 31.6. The van der Waals surface area contributed by atoms with E-state index in [1.807, 2.05) is 88.0 Å². The SMILES string of the molecule is C.COC(=O)C[C@H](C(=O)O)C1CCCCC1.COC(=O)N[C@H](C(=O)N1CCC[C@H]1c1ncc(-c2ccc3cc(-c4ccc(-c5cnc([C@@H]6CCCN6C(=O)OC(C)(C)C)[nH]5)cc4)ccc3c2)[nH]1)C(C)C.COC(=O)N[C@H](C(=O)N1CCC[C@H]1c1ncc(-c2ccc3cc(-c4ccc(-c5cnc([C@@H]6CCCN6C(=O)[C@@H](NC(=O)OC)C6CCCCC6)[nH]5)cc4)ccc3c2)[nH]1)C(C)C. The lowest BCUT2D eigenvalue weighted by molar-refractivity contribution is -0.152. The van der Waals surface area contributed by atoms with Crippen LogP contribution in [0.3, 0.4) is 0 Å². The molecule has 0 bridgehead atoms. The summed E-state index contributed by atoms with van der Waals surface area (Å²) in [6.07, 6.45) is 22.2. The van der Waals surface area contributed by atoms with Gasteiger partial charge >= 0.3 is 36.3 Å². The topological polar surface area (TPSA) is 384 Å². The number of hydrogen-bond donors (Lipinski definition) is 8. The van der Waals surface area contributed by atoms with E-state index in [9.17, 15) is 43.2 Å². The molecule has 6 fully saturated rings. The molecule has 7 amide bonds. The summed E-state index contributed by atoms with van der Waals surface area (Å²) in [6, 6.07) is 39.8. The van der Waals surface area contributed by atoms with Crippen LogP contribution in [0.1, 0.15) is 225 Å². The smallest absolute Gasteiger partial charge is 0.410 e. The Balaban J connectivity index is 0.000000192. The Hall–Kier alpha value is -12.9. The molecule has 30 heteroatoms. The van der Waals surface area contributed by atoms with Gasteiger partial charge in [-0.15, -0.1) is 0 Å². The van der Waals surface area contributed by atoms with Gasteiger partial charge in [0.25, 0.3) is 0 Å². The number of ether oxygens (including phenoxy) is 5. The fourth-order valence-electron chi connectivity index (χ4n) is 19.2. The van der Waals surface area contributed by atoms with Gasteiger partial charge < -0.3 is 79.4 Å². The predicted molar refractivity (Wildman–Crippen MR) is 500 cm³/mol. The molecule has 30 nitrogen and oxygen atoms in total. The summed E-state index contributed by atoms with van der Waals surface area (Å²) >= 11 is 0. The van der Waals surface area contributed by atoms with Crippen LogP contribution < -0.4 is 16.0 Å². The van der Waals surface area contributed by atoms with Crippen molar-refractivity contribution in [3.8, 4) is 67.3 Å². The van der Waals surface area contributed by atoms with E-state index in [0.29, 0.717) is 26.2 Å². The number of nitrogens with one attached hydrogen (secondary N) is 7. The number of benzene rings is 6. The summed E-state index contributed by atoms with van der Waals surface area (Å²) < 4.78 is 24.6. The van der Waals surface area contributed by atoms with E-state index >= 15 is 0 Å². The van der Waals surface area contributed by atoms with Gasteiger partial charge in [-0.1, -0.05) is 171 Å². The molecule has 0 spiro atoms. The summed E-state index contributed by atoms with van der Waals surface area (Å²) in [4.78, 5) is 152. The Morgan fingerprint density at radius 3 is 1.05 bits per heavy atom. The molecule has 4 aliphatic heterocycles. The summed E-state index contributed by atoms with van der Waals surface area (Å²) in [5, 5.41) is 21.8. The number of fused-ring (bicyclic) bond motifs is 2. The molecule has 131 heavy (non-hydrogen) atoms. The van der Waals surface area contributed by atoms with Gasteiger partial charge in [-0.05, 0) is 201 Å². The number of H-pyrrole nitrogens is 4. The highest BCUT2D eigenvalue weighted by Gasteiger charge is 2.43. The number of amides is 7. The second kappa shape index (κ2) is 43.2. The Bertz CT molecular complexity index is 5640. The maximum absolute atomic E-state index is 14.0. The molecular formula is C101H127N15O15. The van der Waals surface area contributed by atoms with E-state index in [1.165, 1.54) is 34.9 Å². The predicted octanol–water partition coefficient (Wildman–Crippen LogP) is 19.2. The third-order valence-corrected chi connectivity index (χ3v) is 26.3. The summed E-state index contributed by atoms with van der Waals surface area (Å²) in [7, 11) is 5.22. The number of methoxy groups -OCH3 is 4. The van der Waals surface area contributed by atoms with Gasteiger partial charge in [0.1, 0.15) is 47.0 Å². The number of imidazole rings is 4. The maximum Gasteiger partial charge on any atom is 0.410 e. The zero-order valence-electron chi connectivity index (χ0n) is 76.3. The average molecular weight is 1790 g/mol. The molecular weight excluding hydrogens is 1660 g/mol. The Morgan fingerprint density at radius 2 is 0.702 bits per heavy atom. The van der Waals surface area contributed by atoms with Crippen LogP contribution in [0.5, 0.6) is 0 Å². The number of carbonyl (C=O) groups is 9. The number of esters is 1. The number of aromatic amines is 4. The van der Waals surface area contributed by atoms with Crippen molar-refractivity contribution in [1.29, 1.82) is 0 Å². The Labute approximate surface area is 765 Å². The second-order valence-corrected chi connectivity index (χ2v) is 36.7. The van der Waals surface area contributed by atoms with Crippen molar-refractivity contribution in [1.82, 2.24) is 75.4 Å². The van der Waals surface area contributed by atoms with E-state index in [2.05, 4.69) is 167 Å². The standard InChI is InChI=1S/C47H56N8O6.C42H49N7O5.C11H18O4.CH4/c1-28(2)40(52-46(58)60-3)44(56)54-22-8-12-38(54)43-49-27-37(51-43)35-21-20-33-24-32(18-19-34(33)25-35)29-14-16-30(17-15-29)36-26-48-42(50-36)39-13-9-23-55(39)45(57)41(53-47(59)61-4)31-10-6-5-7-11-31;1-25(2)36(47-40(51)53-6)39(50)48-19-7-9-34(48)37-44-24-33(46-37)31-18-17-29-21-28(15-16-30(29)22-31)26-11-13-27(14-12-26)32-23-43-38(45-32)35-10-8-20-49(35)41(52)54-42(3,4)5;1-15-10(12)7-9(11(13)14)8-5-3-2-4-6-8;/h14-21,24-28,31,38-41H,5-13,22-23H2,1-4H3,(H,48,50)(H,49,51)(H,52,58)(H,53,59);11-18,21-25,34-36H,7-10,19-20H2,1-6H3,(H,43,45)(H,44,46)(H,47,51);8-9H,2-7H2,1H3,(H,13,14);1H4/t38-,39-,40-,41-;34-,35-,36-;9-;/m000./s1. The quantitative estimate of drug-likeness (QED) is 0.0218. The van der Waals surface area contributed by atoms with E-state index in [-0.39, 0.29) is 85.5 Å². The van der Waals surface area contributed by atoms with E-state index in [0.717, 1.165) is 221 Å². The van der Waals surface area contributed by atoms with Gasteiger partial charge in [0.05, 0.1) is 113 Å². The highest BCUT2D eigenvalue weighted by molar-refractivity contribution is 5.93. The number of hydrogen-bond acceptors (Lipinski definition) is 18. The first-order valence-corrected chi connectivity index (χ1v) is 45.9. The molecule has 0 unspecified atom stereocenters. The number of aromatic nitrogens is 8. The largest absolute Gasteiger partial charge is 0.481 e. The first-order chi connectivity index (χ1) is 62.6. The summed E-state index contributed by atoms with van der Waals surface area (Å²) in [5.41, 5.74) is 11.4. The second-order valence-electron chi connectivity index (χ2n) is 36.7. The molecule has 6 aliphatic rings. The lowest BCUT2D eigenvalue weighted by atomic mass is 9.78. The minimum absolute atomic E-state index is 0. The molecule has 16 rings (SSSR count). The van der Waals surface area contributed by atoms with Gasteiger partial charge in [0.2, 0.25) is 17.7 Å². The lowest BCUT2D eigenvalue weighted by Gasteiger charge is -2.34. The molecule has 0 radical (unpaired) electrons. The number of carbonyl (C=O) groups excluding carboxylic acids is 8. The van der Waals surface area contributed by atoms with Crippen LogP contribution in [0.4, 0.5) is 19.2 Å². The van der Waals surface area contributed by atoms with Gasteiger partial charge in [0, 0.05) is 37.3 Å². The van der Waals surface area contributed by atoms with Crippen LogP contribution in [0.2, 0.25) is 0 Å². The van der Waals surface area contributed by atoms with Crippen molar-refractivity contribution in [2.75, 3.05) is 54.6 Å². The molecule has 8 atom stereocenters. The van der Waals surface area contributed by atoms with Crippen LogP contribution in [-0.4, -0.2) is 197 Å². The molecule has 4 saturated heterocycles. The van der Waals surface area contributed by atoms with E-state index < -0.39 is 59.9 Å². The van der Waals surface area contributed by atoms with Crippen LogP contribution in [-0.2, 0) is 47.7 Å². The van der Waals surface area contributed by atoms with Crippen LogP contribution in [0.25, 0.3) is 88.8 Å². The number of carboxylic acids is 1. The van der Waals surface area contributed by atoms with Crippen molar-refractivity contribution < 1.29 is 71.9 Å². The monoisotopic (exact) mass is 1790 g/mol.